The monoisotopic (exact) mass is 301 g/mol. The average Bonchev–Trinajstić information content (AvgIpc) is 3.04. The van der Waals surface area contributed by atoms with Crippen molar-refractivity contribution in [2.24, 2.45) is 0 Å². The number of carbonyl (C=O) groups is 1. The zero-order valence-electron chi connectivity index (χ0n) is 12.5. The van der Waals surface area contributed by atoms with Crippen molar-refractivity contribution in [2.45, 2.75) is 32.4 Å². The summed E-state index contributed by atoms with van der Waals surface area (Å²) in [4.78, 5) is 24.4. The number of aromatic nitrogens is 2. The second kappa shape index (κ2) is 6.27. The first-order valence-corrected chi connectivity index (χ1v) is 7.50. The molecule has 0 radical (unpaired) electrons. The van der Waals surface area contributed by atoms with Gasteiger partial charge in [-0.05, 0) is 25.8 Å². The Bertz CT molecular complexity index is 748. The molecular formula is C16H19N3O3. The third-order valence-electron chi connectivity index (χ3n) is 3.90. The van der Waals surface area contributed by atoms with Gasteiger partial charge in [0.2, 0.25) is 5.91 Å². The van der Waals surface area contributed by atoms with Crippen LogP contribution in [0.25, 0.3) is 10.8 Å². The average molecular weight is 301 g/mol. The van der Waals surface area contributed by atoms with Crippen molar-refractivity contribution in [1.82, 2.24) is 15.1 Å². The fourth-order valence-corrected chi connectivity index (χ4v) is 2.74. The number of benzene rings is 1. The molecule has 6 heteroatoms. The van der Waals surface area contributed by atoms with Crippen LogP contribution in [-0.4, -0.2) is 34.9 Å². The van der Waals surface area contributed by atoms with Crippen LogP contribution in [0.5, 0.6) is 0 Å². The Morgan fingerprint density at radius 2 is 2.18 bits per heavy atom. The predicted molar refractivity (Wildman–Crippen MR) is 82.7 cm³/mol. The summed E-state index contributed by atoms with van der Waals surface area (Å²) in [6.45, 7) is 3.01. The molecule has 1 amide bonds. The molecule has 1 aliphatic rings. The van der Waals surface area contributed by atoms with Gasteiger partial charge in [0, 0.05) is 18.5 Å². The second-order valence-corrected chi connectivity index (χ2v) is 5.53. The van der Waals surface area contributed by atoms with E-state index in [1.165, 1.54) is 4.68 Å². The maximum atomic E-state index is 12.4. The summed E-state index contributed by atoms with van der Waals surface area (Å²) < 4.78 is 6.68. The van der Waals surface area contributed by atoms with Crippen LogP contribution in [0.1, 0.15) is 18.5 Å². The summed E-state index contributed by atoms with van der Waals surface area (Å²) in [5, 5.41) is 8.44. The molecule has 1 fully saturated rings. The van der Waals surface area contributed by atoms with Gasteiger partial charge in [0.15, 0.2) is 0 Å². The Morgan fingerprint density at radius 1 is 1.41 bits per heavy atom. The third kappa shape index (κ3) is 3.01. The highest BCUT2D eigenvalue weighted by Crippen LogP contribution is 2.12. The normalized spacial score (nSPS) is 17.8. The fraction of sp³-hybridized carbons (Fsp3) is 0.438. The van der Waals surface area contributed by atoms with Gasteiger partial charge in [-0.25, -0.2) is 4.68 Å². The van der Waals surface area contributed by atoms with Crippen molar-refractivity contribution in [3.05, 3.63) is 40.3 Å². The Labute approximate surface area is 128 Å². The van der Waals surface area contributed by atoms with Gasteiger partial charge in [0.25, 0.3) is 5.56 Å². The molecule has 0 saturated carbocycles. The number of fused-ring (bicyclic) bond motifs is 1. The molecule has 3 rings (SSSR count). The Hall–Kier alpha value is -2.21. The highest BCUT2D eigenvalue weighted by atomic mass is 16.5. The summed E-state index contributed by atoms with van der Waals surface area (Å²) in [6, 6.07) is 7.30. The molecule has 22 heavy (non-hydrogen) atoms. The summed E-state index contributed by atoms with van der Waals surface area (Å²) >= 11 is 0. The molecule has 116 valence electrons. The summed E-state index contributed by atoms with van der Waals surface area (Å²) in [7, 11) is 0. The molecule has 0 unspecified atom stereocenters. The molecule has 2 heterocycles. The smallest absolute Gasteiger partial charge is 0.275 e. The van der Waals surface area contributed by atoms with E-state index in [9.17, 15) is 9.59 Å². The van der Waals surface area contributed by atoms with Gasteiger partial charge in [-0.15, -0.1) is 0 Å². The maximum Gasteiger partial charge on any atom is 0.275 e. The van der Waals surface area contributed by atoms with Gasteiger partial charge in [-0.1, -0.05) is 18.2 Å². The van der Waals surface area contributed by atoms with Crippen LogP contribution >= 0.6 is 0 Å². The lowest BCUT2D eigenvalue weighted by Crippen LogP contribution is -2.37. The van der Waals surface area contributed by atoms with Gasteiger partial charge in [-0.2, -0.15) is 5.10 Å². The van der Waals surface area contributed by atoms with E-state index in [0.29, 0.717) is 11.9 Å². The molecule has 1 N–H and O–H groups in total. The minimum atomic E-state index is -0.242. The Balaban J connectivity index is 1.74. The number of amides is 1. The highest BCUT2D eigenvalue weighted by Gasteiger charge is 2.17. The van der Waals surface area contributed by atoms with Crippen molar-refractivity contribution < 1.29 is 9.53 Å². The van der Waals surface area contributed by atoms with Crippen LogP contribution in [0.4, 0.5) is 0 Å². The molecule has 0 bridgehead atoms. The quantitative estimate of drug-likeness (QED) is 0.914. The van der Waals surface area contributed by atoms with E-state index in [2.05, 4.69) is 10.4 Å². The van der Waals surface area contributed by atoms with Crippen molar-refractivity contribution in [3.8, 4) is 0 Å². The van der Waals surface area contributed by atoms with Crippen LogP contribution in [-0.2, 0) is 16.1 Å². The zero-order valence-corrected chi connectivity index (χ0v) is 12.5. The van der Waals surface area contributed by atoms with Gasteiger partial charge in [-0.3, -0.25) is 9.59 Å². The van der Waals surface area contributed by atoms with E-state index in [0.717, 1.165) is 30.5 Å². The van der Waals surface area contributed by atoms with Gasteiger partial charge in [0.05, 0.1) is 17.2 Å². The lowest BCUT2D eigenvalue weighted by atomic mass is 10.1. The topological polar surface area (TPSA) is 73.2 Å². The van der Waals surface area contributed by atoms with Crippen molar-refractivity contribution in [1.29, 1.82) is 0 Å². The third-order valence-corrected chi connectivity index (χ3v) is 3.90. The van der Waals surface area contributed by atoms with Crippen molar-refractivity contribution in [2.75, 3.05) is 13.2 Å². The molecule has 1 aromatic heterocycles. The minimum absolute atomic E-state index is 0.0722. The second-order valence-electron chi connectivity index (χ2n) is 5.53. The van der Waals surface area contributed by atoms with Crippen LogP contribution in [0.15, 0.2) is 29.1 Å². The van der Waals surface area contributed by atoms with Crippen LogP contribution < -0.4 is 10.9 Å². The van der Waals surface area contributed by atoms with E-state index in [-0.39, 0.29) is 24.1 Å². The molecule has 0 spiro atoms. The number of hydrogen-bond acceptors (Lipinski definition) is 4. The molecular weight excluding hydrogens is 282 g/mol. The van der Waals surface area contributed by atoms with E-state index >= 15 is 0 Å². The lowest BCUT2D eigenvalue weighted by molar-refractivity contribution is -0.122. The minimum Gasteiger partial charge on any atom is -0.376 e. The first-order valence-electron chi connectivity index (χ1n) is 7.50. The number of rotatable bonds is 4. The summed E-state index contributed by atoms with van der Waals surface area (Å²) in [6.07, 6.45) is 2.09. The van der Waals surface area contributed by atoms with Gasteiger partial charge < -0.3 is 10.1 Å². The maximum absolute atomic E-state index is 12.4. The molecule has 1 aliphatic heterocycles. The number of hydrogen-bond donors (Lipinski definition) is 1. The largest absolute Gasteiger partial charge is 0.376 e. The first-order chi connectivity index (χ1) is 10.6. The standard InChI is InChI=1S/C16H19N3O3/c1-11-13-6-2-3-7-14(13)16(21)19(18-11)10-15(20)17-9-12-5-4-8-22-12/h2-3,6-7,12H,4-5,8-10H2,1H3,(H,17,20)/t12-/m0/s1. The fourth-order valence-electron chi connectivity index (χ4n) is 2.74. The van der Waals surface area contributed by atoms with Crippen LogP contribution in [0.3, 0.4) is 0 Å². The summed E-state index contributed by atoms with van der Waals surface area (Å²) in [5.41, 5.74) is 0.496. The molecule has 1 saturated heterocycles. The SMILES string of the molecule is Cc1nn(CC(=O)NC[C@@H]2CCCO2)c(=O)c2ccccc12. The van der Waals surface area contributed by atoms with Gasteiger partial charge >= 0.3 is 0 Å². The zero-order chi connectivity index (χ0) is 15.5. The van der Waals surface area contributed by atoms with E-state index in [1.54, 1.807) is 6.07 Å². The Morgan fingerprint density at radius 3 is 2.91 bits per heavy atom. The van der Waals surface area contributed by atoms with Crippen LogP contribution in [0.2, 0.25) is 0 Å². The summed E-state index contributed by atoms with van der Waals surface area (Å²) in [5.74, 6) is -0.222. The van der Waals surface area contributed by atoms with Crippen LogP contribution in [0, 0.1) is 6.92 Å². The van der Waals surface area contributed by atoms with Crippen molar-refractivity contribution >= 4 is 16.7 Å². The van der Waals surface area contributed by atoms with E-state index in [1.807, 2.05) is 25.1 Å². The number of aryl methyl sites for hydroxylation is 1. The van der Waals surface area contributed by atoms with E-state index < -0.39 is 0 Å². The highest BCUT2D eigenvalue weighted by molar-refractivity contribution is 5.83. The first kappa shape index (κ1) is 14.7. The predicted octanol–water partition coefficient (Wildman–Crippen LogP) is 1.00. The number of carbonyl (C=O) groups excluding carboxylic acids is 1. The lowest BCUT2D eigenvalue weighted by Gasteiger charge is -2.12. The number of nitrogens with zero attached hydrogens (tertiary/aromatic N) is 2. The molecule has 2 aromatic rings. The number of ether oxygens (including phenoxy) is 1. The molecule has 6 nitrogen and oxygen atoms in total. The molecule has 1 aromatic carbocycles. The Kier molecular flexibility index (Phi) is 4.20. The van der Waals surface area contributed by atoms with E-state index in [4.69, 9.17) is 4.74 Å². The van der Waals surface area contributed by atoms with Gasteiger partial charge in [0.1, 0.15) is 6.54 Å². The molecule has 0 aliphatic carbocycles. The molecule has 1 atom stereocenters. The van der Waals surface area contributed by atoms with Crippen molar-refractivity contribution in [3.63, 3.8) is 0 Å². The number of nitrogens with one attached hydrogen (secondary N) is 1.